The number of nitrogens with one attached hydrogen (secondary N) is 1. The molecule has 0 unspecified atom stereocenters. The van der Waals surface area contributed by atoms with E-state index >= 15 is 0 Å². The third kappa shape index (κ3) is 1.61. The van der Waals surface area contributed by atoms with Crippen molar-refractivity contribution in [3.8, 4) is 0 Å². The highest BCUT2D eigenvalue weighted by atomic mass is 16.5. The lowest BCUT2D eigenvalue weighted by molar-refractivity contribution is -0.168. The Kier molecular flexibility index (Phi) is 2.74. The molecular weight excluding hydrogens is 222 g/mol. The minimum atomic E-state index is 0.230. The van der Waals surface area contributed by atoms with Crippen LogP contribution in [0.25, 0.3) is 0 Å². The van der Waals surface area contributed by atoms with E-state index in [9.17, 15) is 0 Å². The molecule has 5 rings (SSSR count). The molecule has 0 aromatic heterocycles. The van der Waals surface area contributed by atoms with Crippen LogP contribution in [0, 0.1) is 29.6 Å². The van der Waals surface area contributed by atoms with Gasteiger partial charge in [-0.25, -0.2) is 0 Å². The number of rotatable bonds is 2. The molecule has 2 heteroatoms. The lowest BCUT2D eigenvalue weighted by Crippen LogP contribution is -2.58. The van der Waals surface area contributed by atoms with Gasteiger partial charge in [0.25, 0.3) is 0 Å². The maximum absolute atomic E-state index is 6.16. The van der Waals surface area contributed by atoms with Crippen LogP contribution < -0.4 is 5.32 Å². The van der Waals surface area contributed by atoms with Crippen LogP contribution in [0.3, 0.4) is 0 Å². The standard InChI is InChI=1S/C16H27NO/c1-18-16(2-4-17-5-3-16)15-13-7-11-6-12(9-13)10-14(15)8-11/h11-15,17H,2-10H2,1H3. The van der Waals surface area contributed by atoms with Gasteiger partial charge in [0, 0.05) is 7.11 Å². The molecule has 1 N–H and O–H groups in total. The van der Waals surface area contributed by atoms with Crippen molar-refractivity contribution in [2.45, 2.75) is 50.5 Å². The zero-order chi connectivity index (χ0) is 12.2. The fourth-order valence-electron chi connectivity index (χ4n) is 6.31. The van der Waals surface area contributed by atoms with Crippen LogP contribution in [0.5, 0.6) is 0 Å². The number of ether oxygens (including phenoxy) is 1. The Bertz CT molecular complexity index is 293. The van der Waals surface area contributed by atoms with Gasteiger partial charge in [0.05, 0.1) is 5.60 Å². The van der Waals surface area contributed by atoms with Crippen molar-refractivity contribution in [3.05, 3.63) is 0 Å². The van der Waals surface area contributed by atoms with Crippen molar-refractivity contribution in [3.63, 3.8) is 0 Å². The maximum Gasteiger partial charge on any atom is 0.0736 e. The van der Waals surface area contributed by atoms with Gasteiger partial charge >= 0.3 is 0 Å². The van der Waals surface area contributed by atoms with E-state index < -0.39 is 0 Å². The van der Waals surface area contributed by atoms with Gasteiger partial charge in [-0.05, 0) is 87.6 Å². The zero-order valence-corrected chi connectivity index (χ0v) is 11.7. The van der Waals surface area contributed by atoms with E-state index in [1.54, 1.807) is 6.42 Å². The van der Waals surface area contributed by atoms with Gasteiger partial charge in [-0.2, -0.15) is 0 Å². The number of hydrogen-bond acceptors (Lipinski definition) is 2. The molecule has 0 spiro atoms. The molecule has 4 aliphatic carbocycles. The summed E-state index contributed by atoms with van der Waals surface area (Å²) in [5.74, 6) is 5.05. The van der Waals surface area contributed by atoms with Crippen LogP contribution in [0.2, 0.25) is 0 Å². The van der Waals surface area contributed by atoms with Crippen LogP contribution in [-0.2, 0) is 4.74 Å². The molecule has 0 amide bonds. The van der Waals surface area contributed by atoms with E-state index in [1.165, 1.54) is 38.5 Å². The molecule has 1 heterocycles. The zero-order valence-electron chi connectivity index (χ0n) is 11.7. The molecule has 5 aliphatic rings. The van der Waals surface area contributed by atoms with Gasteiger partial charge in [-0.1, -0.05) is 0 Å². The van der Waals surface area contributed by atoms with Gasteiger partial charge in [0.1, 0.15) is 0 Å². The van der Waals surface area contributed by atoms with Crippen molar-refractivity contribution in [2.75, 3.05) is 20.2 Å². The molecule has 0 aromatic rings. The molecule has 5 fully saturated rings. The second kappa shape index (κ2) is 4.21. The molecule has 102 valence electrons. The largest absolute Gasteiger partial charge is 0.378 e. The average molecular weight is 249 g/mol. The van der Waals surface area contributed by atoms with Gasteiger partial charge in [-0.3, -0.25) is 0 Å². The fourth-order valence-corrected chi connectivity index (χ4v) is 6.31. The van der Waals surface area contributed by atoms with Crippen LogP contribution in [0.1, 0.15) is 44.9 Å². The van der Waals surface area contributed by atoms with Crippen molar-refractivity contribution < 1.29 is 4.74 Å². The smallest absolute Gasteiger partial charge is 0.0736 e. The van der Waals surface area contributed by atoms with E-state index in [-0.39, 0.29) is 5.60 Å². The Labute approximate surface area is 111 Å². The molecule has 1 saturated heterocycles. The SMILES string of the molecule is COC1(C2C3CC4CC(C3)CC2C4)CCNCC1. The van der Waals surface area contributed by atoms with Crippen molar-refractivity contribution >= 4 is 0 Å². The summed E-state index contributed by atoms with van der Waals surface area (Å²) < 4.78 is 6.16. The molecule has 0 radical (unpaired) electrons. The number of piperidine rings is 1. The molecular formula is C16H27NO. The van der Waals surface area contributed by atoms with Gasteiger partial charge < -0.3 is 10.1 Å². The number of methoxy groups -OCH3 is 1. The van der Waals surface area contributed by atoms with Crippen LogP contribution >= 0.6 is 0 Å². The average Bonchev–Trinajstić information content (AvgIpc) is 2.38. The van der Waals surface area contributed by atoms with Crippen LogP contribution in [0.4, 0.5) is 0 Å². The molecule has 4 saturated carbocycles. The van der Waals surface area contributed by atoms with E-state index in [4.69, 9.17) is 4.74 Å². The Hall–Kier alpha value is -0.0800. The first-order valence-electron chi connectivity index (χ1n) is 8.06. The first-order valence-corrected chi connectivity index (χ1v) is 8.06. The maximum atomic E-state index is 6.16. The van der Waals surface area contributed by atoms with E-state index in [2.05, 4.69) is 5.32 Å². The summed E-state index contributed by atoms with van der Waals surface area (Å²) >= 11 is 0. The summed E-state index contributed by atoms with van der Waals surface area (Å²) in [4.78, 5) is 0. The highest BCUT2D eigenvalue weighted by molar-refractivity contribution is 5.06. The molecule has 4 bridgehead atoms. The first-order chi connectivity index (χ1) is 8.81. The number of hydrogen-bond donors (Lipinski definition) is 1. The third-order valence-corrected chi connectivity index (χ3v) is 6.69. The summed E-state index contributed by atoms with van der Waals surface area (Å²) in [5.41, 5.74) is 0.230. The predicted molar refractivity (Wildman–Crippen MR) is 72.4 cm³/mol. The van der Waals surface area contributed by atoms with Gasteiger partial charge in [0.15, 0.2) is 0 Å². The van der Waals surface area contributed by atoms with Gasteiger partial charge in [0.2, 0.25) is 0 Å². The van der Waals surface area contributed by atoms with Crippen molar-refractivity contribution in [2.24, 2.45) is 29.6 Å². The fraction of sp³-hybridized carbons (Fsp3) is 1.00. The normalized spacial score (nSPS) is 49.5. The highest BCUT2D eigenvalue weighted by Crippen LogP contribution is 2.60. The predicted octanol–water partition coefficient (Wildman–Crippen LogP) is 2.83. The second-order valence-corrected chi connectivity index (χ2v) is 7.48. The summed E-state index contributed by atoms with van der Waals surface area (Å²) in [6.07, 6.45) is 10.1. The second-order valence-electron chi connectivity index (χ2n) is 7.48. The van der Waals surface area contributed by atoms with Crippen molar-refractivity contribution in [1.82, 2.24) is 5.32 Å². The Balaban J connectivity index is 1.63. The minimum Gasteiger partial charge on any atom is -0.378 e. The summed E-state index contributed by atoms with van der Waals surface area (Å²) in [7, 11) is 1.98. The van der Waals surface area contributed by atoms with Crippen LogP contribution in [-0.4, -0.2) is 25.8 Å². The molecule has 0 atom stereocenters. The van der Waals surface area contributed by atoms with Gasteiger partial charge in [-0.15, -0.1) is 0 Å². The lowest BCUT2D eigenvalue weighted by atomic mass is 9.48. The molecule has 0 aromatic carbocycles. The lowest BCUT2D eigenvalue weighted by Gasteiger charge is -2.60. The van der Waals surface area contributed by atoms with E-state index in [0.29, 0.717) is 0 Å². The van der Waals surface area contributed by atoms with E-state index in [0.717, 1.165) is 42.7 Å². The quantitative estimate of drug-likeness (QED) is 0.812. The summed E-state index contributed by atoms with van der Waals surface area (Å²) in [6.45, 7) is 2.33. The third-order valence-electron chi connectivity index (χ3n) is 6.69. The Morgan fingerprint density at radius 2 is 1.44 bits per heavy atom. The first kappa shape index (κ1) is 11.7. The summed E-state index contributed by atoms with van der Waals surface area (Å²) in [5, 5.41) is 3.52. The molecule has 1 aliphatic heterocycles. The highest BCUT2D eigenvalue weighted by Gasteiger charge is 2.55. The topological polar surface area (TPSA) is 21.3 Å². The van der Waals surface area contributed by atoms with E-state index in [1.807, 2.05) is 7.11 Å². The Morgan fingerprint density at radius 1 is 0.889 bits per heavy atom. The van der Waals surface area contributed by atoms with Crippen LogP contribution in [0.15, 0.2) is 0 Å². The Morgan fingerprint density at radius 3 is 1.94 bits per heavy atom. The minimum absolute atomic E-state index is 0.230. The molecule has 18 heavy (non-hydrogen) atoms. The monoisotopic (exact) mass is 249 g/mol. The summed E-state index contributed by atoms with van der Waals surface area (Å²) in [6, 6.07) is 0. The van der Waals surface area contributed by atoms with Crippen molar-refractivity contribution in [1.29, 1.82) is 0 Å². The molecule has 2 nitrogen and oxygen atoms in total.